The molecule has 3 amide bonds. The van der Waals surface area contributed by atoms with Crippen LogP contribution in [-0.2, 0) is 19.2 Å². The molecule has 0 aliphatic rings. The van der Waals surface area contributed by atoms with Gasteiger partial charge in [0.25, 0.3) is 0 Å². The zero-order chi connectivity index (χ0) is 19.4. The van der Waals surface area contributed by atoms with Gasteiger partial charge < -0.3 is 32.5 Å². The number of hydrogen-bond donors (Lipinski definition) is 6. The normalized spacial score (nSPS) is 13.0. The summed E-state index contributed by atoms with van der Waals surface area (Å²) < 4.78 is 0. The van der Waals surface area contributed by atoms with Crippen molar-refractivity contribution in [3.8, 4) is 0 Å². The molecule has 8 N–H and O–H groups in total. The van der Waals surface area contributed by atoms with Crippen LogP contribution in [0.15, 0.2) is 0 Å². The van der Waals surface area contributed by atoms with Gasteiger partial charge in [-0.05, 0) is 31.7 Å². The lowest BCUT2D eigenvalue weighted by molar-refractivity contribution is -0.138. The van der Waals surface area contributed by atoms with Crippen molar-refractivity contribution >= 4 is 23.7 Å². The predicted molar refractivity (Wildman–Crippen MR) is 91.3 cm³/mol. The standard InChI is InChI=1S/C15H29N5O5/c1-9(2)13(17)15(25)18-7-11(21)20-10(5-3-4-6-16)14(24)19-8-12(22)23/h9-10,13H,3-8,16-17H2,1-2H3,(H,18,25)(H,19,24)(H,20,21)(H,22,23). The van der Waals surface area contributed by atoms with Gasteiger partial charge in [-0.15, -0.1) is 0 Å². The highest BCUT2D eigenvalue weighted by Crippen LogP contribution is 2.01. The van der Waals surface area contributed by atoms with Gasteiger partial charge in [0.15, 0.2) is 0 Å². The molecule has 10 heteroatoms. The number of amides is 3. The second-order valence-electron chi connectivity index (χ2n) is 6.00. The molecule has 25 heavy (non-hydrogen) atoms. The molecule has 144 valence electrons. The molecule has 2 atom stereocenters. The summed E-state index contributed by atoms with van der Waals surface area (Å²) in [6.45, 7) is 3.15. The van der Waals surface area contributed by atoms with E-state index >= 15 is 0 Å². The first-order chi connectivity index (χ1) is 11.7. The third-order valence-corrected chi connectivity index (χ3v) is 3.46. The first-order valence-electron chi connectivity index (χ1n) is 8.21. The van der Waals surface area contributed by atoms with Crippen molar-refractivity contribution in [1.82, 2.24) is 16.0 Å². The van der Waals surface area contributed by atoms with E-state index < -0.39 is 42.3 Å². The number of nitrogens with one attached hydrogen (secondary N) is 3. The van der Waals surface area contributed by atoms with Crippen LogP contribution in [0.25, 0.3) is 0 Å². The maximum absolute atomic E-state index is 12.0. The van der Waals surface area contributed by atoms with Gasteiger partial charge in [0.2, 0.25) is 17.7 Å². The summed E-state index contributed by atoms with van der Waals surface area (Å²) in [5.41, 5.74) is 11.1. The first kappa shape index (κ1) is 22.8. The highest BCUT2D eigenvalue weighted by molar-refractivity contribution is 5.91. The molecular formula is C15H29N5O5. The SMILES string of the molecule is CC(C)C(N)C(=O)NCC(=O)NC(CCCCN)C(=O)NCC(=O)O. The summed E-state index contributed by atoms with van der Waals surface area (Å²) in [5, 5.41) is 15.7. The van der Waals surface area contributed by atoms with Crippen molar-refractivity contribution in [3.05, 3.63) is 0 Å². The largest absolute Gasteiger partial charge is 0.480 e. The summed E-state index contributed by atoms with van der Waals surface area (Å²) in [5.74, 6) is -2.88. The van der Waals surface area contributed by atoms with Gasteiger partial charge in [0.05, 0.1) is 12.6 Å². The molecule has 0 fully saturated rings. The lowest BCUT2D eigenvalue weighted by Crippen LogP contribution is -2.52. The third-order valence-electron chi connectivity index (χ3n) is 3.46. The van der Waals surface area contributed by atoms with E-state index in [0.717, 1.165) is 0 Å². The zero-order valence-electron chi connectivity index (χ0n) is 14.7. The van der Waals surface area contributed by atoms with E-state index in [4.69, 9.17) is 16.6 Å². The van der Waals surface area contributed by atoms with E-state index in [1.807, 2.05) is 0 Å². The van der Waals surface area contributed by atoms with Crippen LogP contribution >= 0.6 is 0 Å². The lowest BCUT2D eigenvalue weighted by Gasteiger charge is -2.19. The molecule has 0 aromatic carbocycles. The molecular weight excluding hydrogens is 330 g/mol. The summed E-state index contributed by atoms with van der Waals surface area (Å²) in [4.78, 5) is 46.2. The Labute approximate surface area is 147 Å². The van der Waals surface area contributed by atoms with E-state index in [0.29, 0.717) is 25.8 Å². The van der Waals surface area contributed by atoms with Crippen LogP contribution in [0.2, 0.25) is 0 Å². The fourth-order valence-corrected chi connectivity index (χ4v) is 1.88. The highest BCUT2D eigenvalue weighted by atomic mass is 16.4. The minimum absolute atomic E-state index is 0.0751. The predicted octanol–water partition coefficient (Wildman–Crippen LogP) is -2.10. The van der Waals surface area contributed by atoms with Gasteiger partial charge >= 0.3 is 5.97 Å². The monoisotopic (exact) mass is 359 g/mol. The fraction of sp³-hybridized carbons (Fsp3) is 0.733. The van der Waals surface area contributed by atoms with Gasteiger partial charge in [0, 0.05) is 0 Å². The Morgan fingerprint density at radius 2 is 1.60 bits per heavy atom. The minimum atomic E-state index is -1.18. The molecule has 0 aromatic rings. The maximum atomic E-state index is 12.0. The maximum Gasteiger partial charge on any atom is 0.322 e. The highest BCUT2D eigenvalue weighted by Gasteiger charge is 2.22. The van der Waals surface area contributed by atoms with E-state index in [2.05, 4.69) is 16.0 Å². The van der Waals surface area contributed by atoms with Crippen molar-refractivity contribution < 1.29 is 24.3 Å². The Morgan fingerprint density at radius 3 is 2.12 bits per heavy atom. The molecule has 0 bridgehead atoms. The van der Waals surface area contributed by atoms with Crippen LogP contribution in [0.4, 0.5) is 0 Å². The van der Waals surface area contributed by atoms with Crippen LogP contribution < -0.4 is 27.4 Å². The Balaban J connectivity index is 4.55. The zero-order valence-corrected chi connectivity index (χ0v) is 14.7. The molecule has 0 aromatic heterocycles. The molecule has 2 unspecified atom stereocenters. The number of carboxylic acids is 1. The van der Waals surface area contributed by atoms with Crippen molar-refractivity contribution in [2.45, 2.75) is 45.2 Å². The van der Waals surface area contributed by atoms with E-state index in [9.17, 15) is 19.2 Å². The summed E-state index contributed by atoms with van der Waals surface area (Å²) in [6.07, 6.45) is 1.57. The number of carboxylic acid groups (broad SMARTS) is 1. The molecule has 0 aliphatic carbocycles. The molecule has 0 saturated heterocycles. The van der Waals surface area contributed by atoms with Gasteiger partial charge in [0.1, 0.15) is 12.6 Å². The van der Waals surface area contributed by atoms with Gasteiger partial charge in [-0.1, -0.05) is 13.8 Å². The number of nitrogens with two attached hydrogens (primary N) is 2. The molecule has 0 rings (SSSR count). The lowest BCUT2D eigenvalue weighted by atomic mass is 10.1. The van der Waals surface area contributed by atoms with Crippen molar-refractivity contribution in [3.63, 3.8) is 0 Å². The van der Waals surface area contributed by atoms with Crippen molar-refractivity contribution in [1.29, 1.82) is 0 Å². The van der Waals surface area contributed by atoms with Gasteiger partial charge in [-0.25, -0.2) is 0 Å². The quantitative estimate of drug-likeness (QED) is 0.216. The molecule has 0 spiro atoms. The molecule has 0 radical (unpaired) electrons. The topological polar surface area (TPSA) is 177 Å². The number of unbranched alkanes of at least 4 members (excludes halogenated alkanes) is 1. The Kier molecular flexibility index (Phi) is 11.1. The molecule has 0 heterocycles. The second-order valence-corrected chi connectivity index (χ2v) is 6.00. The van der Waals surface area contributed by atoms with Gasteiger partial charge in [-0.2, -0.15) is 0 Å². The van der Waals surface area contributed by atoms with E-state index in [-0.39, 0.29) is 12.5 Å². The molecule has 10 nitrogen and oxygen atoms in total. The number of carbonyl (C=O) groups excluding carboxylic acids is 3. The van der Waals surface area contributed by atoms with Crippen LogP contribution in [0.1, 0.15) is 33.1 Å². The van der Waals surface area contributed by atoms with Crippen LogP contribution in [0.5, 0.6) is 0 Å². The van der Waals surface area contributed by atoms with Crippen LogP contribution in [-0.4, -0.2) is 60.5 Å². The second kappa shape index (κ2) is 12.2. The van der Waals surface area contributed by atoms with Crippen molar-refractivity contribution in [2.75, 3.05) is 19.6 Å². The summed E-state index contributed by atoms with van der Waals surface area (Å²) in [6, 6.07) is -1.62. The average Bonchev–Trinajstić information content (AvgIpc) is 2.55. The summed E-state index contributed by atoms with van der Waals surface area (Å²) in [7, 11) is 0. The Bertz CT molecular complexity index is 469. The van der Waals surface area contributed by atoms with Crippen molar-refractivity contribution in [2.24, 2.45) is 17.4 Å². The minimum Gasteiger partial charge on any atom is -0.480 e. The molecule has 0 saturated carbocycles. The Morgan fingerprint density at radius 1 is 1.00 bits per heavy atom. The number of rotatable bonds is 12. The number of carbonyl (C=O) groups is 4. The van der Waals surface area contributed by atoms with E-state index in [1.54, 1.807) is 13.8 Å². The van der Waals surface area contributed by atoms with E-state index in [1.165, 1.54) is 0 Å². The number of aliphatic carboxylic acids is 1. The smallest absolute Gasteiger partial charge is 0.322 e. The molecule has 0 aliphatic heterocycles. The fourth-order valence-electron chi connectivity index (χ4n) is 1.88. The average molecular weight is 359 g/mol. The summed E-state index contributed by atoms with van der Waals surface area (Å²) >= 11 is 0. The van der Waals surface area contributed by atoms with Crippen LogP contribution in [0, 0.1) is 5.92 Å². The van der Waals surface area contributed by atoms with Crippen LogP contribution in [0.3, 0.4) is 0 Å². The third kappa shape index (κ3) is 10.3. The Hall–Kier alpha value is -2.20. The van der Waals surface area contributed by atoms with Gasteiger partial charge in [-0.3, -0.25) is 19.2 Å². The number of hydrogen-bond acceptors (Lipinski definition) is 6. The first-order valence-corrected chi connectivity index (χ1v) is 8.21.